The van der Waals surface area contributed by atoms with Gasteiger partial charge < -0.3 is 10.6 Å². The zero-order chi connectivity index (χ0) is 12.5. The van der Waals surface area contributed by atoms with Gasteiger partial charge in [0.05, 0.1) is 0 Å². The van der Waals surface area contributed by atoms with Crippen molar-refractivity contribution in [3.63, 3.8) is 0 Å². The zero-order valence-electron chi connectivity index (χ0n) is 12.1. The van der Waals surface area contributed by atoms with Crippen LogP contribution in [0, 0.1) is 23.2 Å². The van der Waals surface area contributed by atoms with Crippen LogP contribution in [0.3, 0.4) is 0 Å². The summed E-state index contributed by atoms with van der Waals surface area (Å²) in [5.41, 5.74) is 0.410. The largest absolute Gasteiger partial charge is 0.315 e. The lowest BCUT2D eigenvalue weighted by Crippen LogP contribution is -2.42. The molecular weight excluding hydrogens is 208 g/mol. The van der Waals surface area contributed by atoms with Crippen LogP contribution in [-0.2, 0) is 0 Å². The van der Waals surface area contributed by atoms with Crippen molar-refractivity contribution in [1.82, 2.24) is 10.6 Å². The molecule has 0 amide bonds. The van der Waals surface area contributed by atoms with E-state index in [-0.39, 0.29) is 0 Å². The highest BCUT2D eigenvalue weighted by Crippen LogP contribution is 2.37. The van der Waals surface area contributed by atoms with E-state index in [9.17, 15) is 0 Å². The second-order valence-corrected chi connectivity index (χ2v) is 7.14. The summed E-state index contributed by atoms with van der Waals surface area (Å²) in [6.45, 7) is 12.9. The van der Waals surface area contributed by atoms with Crippen LogP contribution < -0.4 is 10.6 Å². The first kappa shape index (κ1) is 13.4. The predicted molar refractivity (Wildman–Crippen MR) is 74.1 cm³/mol. The molecule has 3 atom stereocenters. The third-order valence-corrected chi connectivity index (χ3v) is 5.38. The van der Waals surface area contributed by atoms with Gasteiger partial charge in [0.1, 0.15) is 0 Å². The average molecular weight is 238 g/mol. The molecule has 2 N–H and O–H groups in total. The van der Waals surface area contributed by atoms with Gasteiger partial charge in [-0.3, -0.25) is 0 Å². The molecule has 3 unspecified atom stereocenters. The van der Waals surface area contributed by atoms with Gasteiger partial charge in [0.15, 0.2) is 0 Å². The summed E-state index contributed by atoms with van der Waals surface area (Å²) in [6.07, 6.45) is 4.38. The van der Waals surface area contributed by atoms with E-state index in [0.717, 1.165) is 36.9 Å². The summed E-state index contributed by atoms with van der Waals surface area (Å²) in [6, 6.07) is 0.741. The van der Waals surface area contributed by atoms with E-state index < -0.39 is 0 Å². The van der Waals surface area contributed by atoms with E-state index >= 15 is 0 Å². The summed E-state index contributed by atoms with van der Waals surface area (Å²) in [4.78, 5) is 0. The highest BCUT2D eigenvalue weighted by Gasteiger charge is 2.38. The fourth-order valence-corrected chi connectivity index (χ4v) is 3.28. The number of nitrogens with one attached hydrogen (secondary N) is 2. The molecule has 2 aliphatic rings. The third-order valence-electron chi connectivity index (χ3n) is 5.38. The van der Waals surface area contributed by atoms with E-state index in [0.29, 0.717) is 5.41 Å². The summed E-state index contributed by atoms with van der Waals surface area (Å²) in [7, 11) is 0. The third kappa shape index (κ3) is 3.03. The zero-order valence-corrected chi connectivity index (χ0v) is 12.1. The normalized spacial score (nSPS) is 33.4. The van der Waals surface area contributed by atoms with Crippen molar-refractivity contribution in [1.29, 1.82) is 0 Å². The molecule has 0 aromatic carbocycles. The van der Waals surface area contributed by atoms with E-state index in [2.05, 4.69) is 38.3 Å². The van der Waals surface area contributed by atoms with Gasteiger partial charge in [0.25, 0.3) is 0 Å². The first-order valence-corrected chi connectivity index (χ1v) is 7.45. The minimum Gasteiger partial charge on any atom is -0.315 e. The molecule has 0 spiro atoms. The molecule has 1 heterocycles. The van der Waals surface area contributed by atoms with Crippen molar-refractivity contribution in [2.24, 2.45) is 23.2 Å². The molecule has 1 saturated carbocycles. The van der Waals surface area contributed by atoms with Gasteiger partial charge in [-0.15, -0.1) is 0 Å². The van der Waals surface area contributed by atoms with Gasteiger partial charge in [-0.1, -0.05) is 34.1 Å². The second kappa shape index (κ2) is 5.27. The van der Waals surface area contributed by atoms with Crippen molar-refractivity contribution in [2.75, 3.05) is 19.6 Å². The van der Waals surface area contributed by atoms with Crippen LogP contribution in [0.5, 0.6) is 0 Å². The van der Waals surface area contributed by atoms with E-state index in [1.807, 2.05) is 0 Å². The molecule has 1 aliphatic heterocycles. The van der Waals surface area contributed by atoms with E-state index in [1.165, 1.54) is 25.8 Å². The number of hydrogen-bond donors (Lipinski definition) is 2. The molecule has 1 saturated heterocycles. The van der Waals surface area contributed by atoms with Crippen LogP contribution in [0.15, 0.2) is 0 Å². The monoisotopic (exact) mass is 238 g/mol. The maximum absolute atomic E-state index is 3.71. The summed E-state index contributed by atoms with van der Waals surface area (Å²) < 4.78 is 0. The van der Waals surface area contributed by atoms with E-state index in [1.54, 1.807) is 0 Å². The Morgan fingerprint density at radius 3 is 2.76 bits per heavy atom. The predicted octanol–water partition coefficient (Wildman–Crippen LogP) is 2.65. The number of hydrogen-bond acceptors (Lipinski definition) is 2. The smallest absolute Gasteiger partial charge is 0.0223 e. The molecule has 0 radical (unpaired) electrons. The quantitative estimate of drug-likeness (QED) is 0.769. The summed E-state index contributed by atoms with van der Waals surface area (Å²) in [5.74, 6) is 2.69. The number of rotatable bonds is 5. The Hall–Kier alpha value is -0.0800. The lowest BCUT2D eigenvalue weighted by molar-refractivity contribution is 0.232. The fourth-order valence-electron chi connectivity index (χ4n) is 3.28. The van der Waals surface area contributed by atoms with Crippen molar-refractivity contribution in [3.8, 4) is 0 Å². The van der Waals surface area contributed by atoms with Gasteiger partial charge in [-0.2, -0.15) is 0 Å². The van der Waals surface area contributed by atoms with Crippen molar-refractivity contribution in [3.05, 3.63) is 0 Å². The maximum Gasteiger partial charge on any atom is 0.0223 e. The van der Waals surface area contributed by atoms with Gasteiger partial charge in [-0.25, -0.2) is 0 Å². The molecule has 2 rings (SSSR count). The highest BCUT2D eigenvalue weighted by atomic mass is 15.0. The van der Waals surface area contributed by atoms with Crippen molar-refractivity contribution >= 4 is 0 Å². The van der Waals surface area contributed by atoms with Crippen molar-refractivity contribution in [2.45, 2.75) is 53.0 Å². The lowest BCUT2D eigenvalue weighted by atomic mass is 9.81. The molecule has 2 heteroatoms. The minimum atomic E-state index is 0.410. The molecule has 2 fully saturated rings. The molecule has 0 bridgehead atoms. The van der Waals surface area contributed by atoms with Gasteiger partial charge >= 0.3 is 0 Å². The van der Waals surface area contributed by atoms with Crippen molar-refractivity contribution < 1.29 is 0 Å². The van der Waals surface area contributed by atoms with Gasteiger partial charge in [-0.05, 0) is 42.6 Å². The van der Waals surface area contributed by atoms with Gasteiger partial charge in [0, 0.05) is 19.1 Å². The van der Waals surface area contributed by atoms with Crippen LogP contribution >= 0.6 is 0 Å². The standard InChI is InChI=1S/C15H30N2/c1-11(2)15(3,4)10-16-9-14-13-7-5-6-12(13)8-17-14/h11-14,16-17H,5-10H2,1-4H3. The van der Waals surface area contributed by atoms with Crippen LogP contribution in [0.25, 0.3) is 0 Å². The molecule has 1 aliphatic carbocycles. The Balaban J connectivity index is 1.72. The first-order valence-electron chi connectivity index (χ1n) is 7.45. The highest BCUT2D eigenvalue weighted by molar-refractivity contribution is 4.95. The Morgan fingerprint density at radius 1 is 1.29 bits per heavy atom. The Bertz CT molecular complexity index is 247. The van der Waals surface area contributed by atoms with Crippen LogP contribution in [0.1, 0.15) is 47.0 Å². The van der Waals surface area contributed by atoms with Crippen LogP contribution in [-0.4, -0.2) is 25.7 Å². The summed E-state index contributed by atoms with van der Waals surface area (Å²) in [5, 5.41) is 7.41. The fraction of sp³-hybridized carbons (Fsp3) is 1.00. The minimum absolute atomic E-state index is 0.410. The van der Waals surface area contributed by atoms with Crippen LogP contribution in [0.2, 0.25) is 0 Å². The Morgan fingerprint density at radius 2 is 2.06 bits per heavy atom. The first-order chi connectivity index (χ1) is 8.00. The molecule has 100 valence electrons. The molecule has 2 nitrogen and oxygen atoms in total. The summed E-state index contributed by atoms with van der Waals surface area (Å²) >= 11 is 0. The Kier molecular flexibility index (Phi) is 4.14. The molecule has 17 heavy (non-hydrogen) atoms. The molecule has 0 aromatic heterocycles. The molecular formula is C15H30N2. The number of fused-ring (bicyclic) bond motifs is 1. The average Bonchev–Trinajstić information content (AvgIpc) is 2.81. The van der Waals surface area contributed by atoms with Crippen LogP contribution in [0.4, 0.5) is 0 Å². The Labute approximate surface area is 107 Å². The second-order valence-electron chi connectivity index (χ2n) is 7.14. The van der Waals surface area contributed by atoms with E-state index in [4.69, 9.17) is 0 Å². The van der Waals surface area contributed by atoms with Gasteiger partial charge in [0.2, 0.25) is 0 Å². The topological polar surface area (TPSA) is 24.1 Å². The SMILES string of the molecule is CC(C)C(C)(C)CNCC1NCC2CCCC21. The molecule has 0 aromatic rings. The maximum atomic E-state index is 3.71. The lowest BCUT2D eigenvalue weighted by Gasteiger charge is -2.30.